The van der Waals surface area contributed by atoms with Crippen LogP contribution in [0.3, 0.4) is 0 Å². The Labute approximate surface area is 46.9 Å². The molecule has 1 atom stereocenters. The third kappa shape index (κ3) is 1.89. The first-order valence-electron chi connectivity index (χ1n) is 1.81. The van der Waals surface area contributed by atoms with Crippen LogP contribution in [0.2, 0.25) is 0 Å². The lowest BCUT2D eigenvalue weighted by Gasteiger charge is -1.88. The van der Waals surface area contributed by atoms with Crippen LogP contribution in [0.5, 0.6) is 0 Å². The Kier molecular flexibility index (Phi) is 1.93. The Hall–Kier alpha value is -0.630. The predicted octanol–water partition coefficient (Wildman–Crippen LogP) is 0.198. The average molecular weight is 137 g/mol. The van der Waals surface area contributed by atoms with E-state index in [1.54, 1.807) is 0 Å². The topological polar surface area (TPSA) is 57.9 Å². The quantitative estimate of drug-likeness (QED) is 0.485. The molecule has 0 saturated heterocycles. The van der Waals surface area contributed by atoms with Crippen molar-refractivity contribution in [3.63, 3.8) is 0 Å². The van der Waals surface area contributed by atoms with Crippen molar-refractivity contribution in [2.45, 2.75) is 12.2 Å². The van der Waals surface area contributed by atoms with E-state index in [9.17, 15) is 12.3 Å². The summed E-state index contributed by atoms with van der Waals surface area (Å²) in [5.41, 5.74) is 0. The number of hydrogen-bond acceptors (Lipinski definition) is 3. The molecule has 0 unspecified atom stereocenters. The van der Waals surface area contributed by atoms with Gasteiger partial charge in [-0.05, 0) is 6.92 Å². The van der Waals surface area contributed by atoms with E-state index in [4.69, 9.17) is 5.26 Å². The van der Waals surface area contributed by atoms with E-state index in [0.29, 0.717) is 0 Å². The van der Waals surface area contributed by atoms with Gasteiger partial charge in [0.15, 0.2) is 5.25 Å². The summed E-state index contributed by atoms with van der Waals surface area (Å²) in [6.07, 6.45) is 0. The van der Waals surface area contributed by atoms with Crippen LogP contribution in [-0.4, -0.2) is 13.7 Å². The van der Waals surface area contributed by atoms with Gasteiger partial charge in [0.1, 0.15) is 0 Å². The lowest BCUT2D eigenvalue weighted by atomic mass is 10.5. The lowest BCUT2D eigenvalue weighted by molar-refractivity contribution is 0.547. The van der Waals surface area contributed by atoms with Crippen LogP contribution in [0, 0.1) is 11.3 Å². The van der Waals surface area contributed by atoms with Crippen LogP contribution >= 0.6 is 0 Å². The van der Waals surface area contributed by atoms with Crippen LogP contribution in [0.25, 0.3) is 0 Å². The highest BCUT2D eigenvalue weighted by Crippen LogP contribution is 1.99. The van der Waals surface area contributed by atoms with E-state index in [0.717, 1.165) is 6.92 Å². The van der Waals surface area contributed by atoms with Gasteiger partial charge in [0.05, 0.1) is 6.07 Å². The van der Waals surface area contributed by atoms with Crippen molar-refractivity contribution in [3.8, 4) is 6.07 Å². The third-order valence-electron chi connectivity index (χ3n) is 0.604. The summed E-state index contributed by atoms with van der Waals surface area (Å²) in [6.45, 7) is 0.981. The highest BCUT2D eigenvalue weighted by atomic mass is 32.3. The third-order valence-corrected chi connectivity index (χ3v) is 1.55. The number of nitriles is 1. The maximum Gasteiger partial charge on any atom is 0.318 e. The Morgan fingerprint density at radius 2 is 2.12 bits per heavy atom. The molecule has 0 rings (SSSR count). The Morgan fingerprint density at radius 3 is 2.12 bits per heavy atom. The Morgan fingerprint density at radius 1 is 1.75 bits per heavy atom. The highest BCUT2D eigenvalue weighted by molar-refractivity contribution is 7.87. The summed E-state index contributed by atoms with van der Waals surface area (Å²) < 4.78 is 30.9. The summed E-state index contributed by atoms with van der Waals surface area (Å²) in [5, 5.41) is 6.26. The molecule has 0 aliphatic carbocycles. The maximum absolute atomic E-state index is 11.5. The molecule has 0 aromatic heterocycles. The van der Waals surface area contributed by atoms with Crippen molar-refractivity contribution in [1.82, 2.24) is 0 Å². The smallest absolute Gasteiger partial charge is 0.197 e. The fourth-order valence-electron chi connectivity index (χ4n) is 0.0630. The summed E-state index contributed by atoms with van der Waals surface area (Å²) in [6, 6.07) is 1.24. The van der Waals surface area contributed by atoms with Gasteiger partial charge in [-0.3, -0.25) is 0 Å². The normalized spacial score (nSPS) is 14.6. The van der Waals surface area contributed by atoms with Gasteiger partial charge in [-0.2, -0.15) is 13.7 Å². The SMILES string of the molecule is C[C@H](C#N)S(=O)(=O)F. The van der Waals surface area contributed by atoms with Gasteiger partial charge in [0.2, 0.25) is 0 Å². The molecule has 3 nitrogen and oxygen atoms in total. The molecule has 0 spiro atoms. The molecule has 5 heteroatoms. The van der Waals surface area contributed by atoms with Crippen LogP contribution in [0.15, 0.2) is 0 Å². The van der Waals surface area contributed by atoms with E-state index in [1.165, 1.54) is 6.07 Å². The molecular weight excluding hydrogens is 133 g/mol. The fourth-order valence-corrected chi connectivity index (χ4v) is 0.189. The number of rotatable bonds is 1. The molecule has 0 aliphatic heterocycles. The molecule has 46 valence electrons. The molecule has 0 fully saturated rings. The van der Waals surface area contributed by atoms with E-state index >= 15 is 0 Å². The zero-order valence-corrected chi connectivity index (χ0v) is 4.94. The van der Waals surface area contributed by atoms with Crippen molar-refractivity contribution in [1.29, 1.82) is 5.26 Å². The molecule has 0 N–H and O–H groups in total. The van der Waals surface area contributed by atoms with Crippen LogP contribution in [-0.2, 0) is 10.2 Å². The van der Waals surface area contributed by atoms with Crippen LogP contribution in [0.4, 0.5) is 3.89 Å². The molecule has 0 heterocycles. The minimum absolute atomic E-state index is 0.981. The first-order valence-corrected chi connectivity index (χ1v) is 3.26. The van der Waals surface area contributed by atoms with Crippen molar-refractivity contribution in [2.24, 2.45) is 0 Å². The van der Waals surface area contributed by atoms with E-state index in [2.05, 4.69) is 0 Å². The van der Waals surface area contributed by atoms with Gasteiger partial charge >= 0.3 is 10.2 Å². The van der Waals surface area contributed by atoms with Crippen molar-refractivity contribution >= 4 is 10.2 Å². The molecule has 0 saturated carbocycles. The second-order valence-corrected chi connectivity index (χ2v) is 2.91. The fraction of sp³-hybridized carbons (Fsp3) is 0.667. The molecule has 8 heavy (non-hydrogen) atoms. The highest BCUT2D eigenvalue weighted by Gasteiger charge is 2.17. The van der Waals surface area contributed by atoms with Gasteiger partial charge in [-0.15, -0.1) is 3.89 Å². The summed E-state index contributed by atoms with van der Waals surface area (Å²) in [5.74, 6) is 0. The molecule has 0 radical (unpaired) electrons. The number of nitrogens with zero attached hydrogens (tertiary/aromatic N) is 1. The zero-order valence-electron chi connectivity index (χ0n) is 4.13. The minimum atomic E-state index is -4.61. The lowest BCUT2D eigenvalue weighted by Crippen LogP contribution is -2.08. The number of hydrogen-bond donors (Lipinski definition) is 0. The Bertz CT molecular complexity index is 202. The summed E-state index contributed by atoms with van der Waals surface area (Å²) in [7, 11) is -4.61. The maximum atomic E-state index is 11.5. The van der Waals surface area contributed by atoms with E-state index in [1.807, 2.05) is 0 Å². The second-order valence-electron chi connectivity index (χ2n) is 1.25. The van der Waals surface area contributed by atoms with Crippen LogP contribution < -0.4 is 0 Å². The van der Waals surface area contributed by atoms with E-state index in [-0.39, 0.29) is 0 Å². The Balaban J connectivity index is 4.34. The van der Waals surface area contributed by atoms with Gasteiger partial charge in [0, 0.05) is 0 Å². The van der Waals surface area contributed by atoms with Gasteiger partial charge in [-0.1, -0.05) is 0 Å². The summed E-state index contributed by atoms with van der Waals surface area (Å²) >= 11 is 0. The first kappa shape index (κ1) is 7.37. The largest absolute Gasteiger partial charge is 0.318 e. The number of halogens is 1. The van der Waals surface area contributed by atoms with Crippen molar-refractivity contribution in [3.05, 3.63) is 0 Å². The minimum Gasteiger partial charge on any atom is -0.197 e. The standard InChI is InChI=1S/C3H4FNO2S/c1-3(2-5)8(4,6)7/h3H,1H3/t3-/m1/s1. The first-order chi connectivity index (χ1) is 3.48. The van der Waals surface area contributed by atoms with Gasteiger partial charge in [0.25, 0.3) is 0 Å². The van der Waals surface area contributed by atoms with Crippen molar-refractivity contribution < 1.29 is 12.3 Å². The van der Waals surface area contributed by atoms with Gasteiger partial charge < -0.3 is 0 Å². The predicted molar refractivity (Wildman–Crippen MR) is 25.1 cm³/mol. The van der Waals surface area contributed by atoms with Gasteiger partial charge in [-0.25, -0.2) is 0 Å². The molecular formula is C3H4FNO2S. The second kappa shape index (κ2) is 2.09. The molecule has 0 aromatic rings. The molecule has 0 aliphatic rings. The molecule has 0 amide bonds. The average Bonchev–Trinajstić information content (AvgIpc) is 1.62. The van der Waals surface area contributed by atoms with Crippen molar-refractivity contribution in [2.75, 3.05) is 0 Å². The summed E-state index contributed by atoms with van der Waals surface area (Å²) in [4.78, 5) is 0. The van der Waals surface area contributed by atoms with Crippen LogP contribution in [0.1, 0.15) is 6.92 Å². The zero-order chi connectivity index (χ0) is 6.78. The molecule has 0 bridgehead atoms. The van der Waals surface area contributed by atoms with E-state index < -0.39 is 15.5 Å². The molecule has 0 aromatic carbocycles. The monoisotopic (exact) mass is 137 g/mol.